The molecule has 0 radical (unpaired) electrons. The first-order valence-electron chi connectivity index (χ1n) is 5.49. The fourth-order valence-electron chi connectivity index (χ4n) is 1.70. The van der Waals surface area contributed by atoms with Crippen molar-refractivity contribution in [1.82, 2.24) is 4.90 Å². The van der Waals surface area contributed by atoms with E-state index in [4.69, 9.17) is 0 Å². The molecule has 3 heteroatoms. The summed E-state index contributed by atoms with van der Waals surface area (Å²) in [4.78, 5) is 24.8. The summed E-state index contributed by atoms with van der Waals surface area (Å²) in [6.07, 6.45) is 0.756. The van der Waals surface area contributed by atoms with Crippen LogP contribution in [0.5, 0.6) is 0 Å². The first-order valence-corrected chi connectivity index (χ1v) is 5.49. The van der Waals surface area contributed by atoms with Crippen molar-refractivity contribution in [2.24, 2.45) is 0 Å². The Morgan fingerprint density at radius 3 is 2.44 bits per heavy atom. The van der Waals surface area contributed by atoms with Crippen molar-refractivity contribution in [3.63, 3.8) is 0 Å². The molecule has 0 saturated carbocycles. The predicted octanol–water partition coefficient (Wildman–Crippen LogP) is 2.29. The van der Waals surface area contributed by atoms with Crippen LogP contribution in [-0.2, 0) is 0 Å². The van der Waals surface area contributed by atoms with Gasteiger partial charge in [0.2, 0.25) is 0 Å². The van der Waals surface area contributed by atoms with E-state index in [1.165, 1.54) is 0 Å². The van der Waals surface area contributed by atoms with E-state index in [9.17, 15) is 9.59 Å². The second kappa shape index (κ2) is 5.45. The van der Waals surface area contributed by atoms with Gasteiger partial charge in [-0.2, -0.15) is 0 Å². The van der Waals surface area contributed by atoms with Gasteiger partial charge in [0.15, 0.2) is 6.29 Å². The molecule has 0 aromatic heterocycles. The van der Waals surface area contributed by atoms with Gasteiger partial charge in [-0.3, -0.25) is 9.59 Å². The molecule has 16 heavy (non-hydrogen) atoms. The lowest BCUT2D eigenvalue weighted by Crippen LogP contribution is -2.31. The number of nitrogens with zero attached hydrogens (tertiary/aromatic N) is 1. The third-order valence-electron chi connectivity index (χ3n) is 2.72. The number of hydrogen-bond acceptors (Lipinski definition) is 2. The maximum atomic E-state index is 12.1. The monoisotopic (exact) mass is 219 g/mol. The molecule has 0 bridgehead atoms. The standard InChI is InChI=1S/C13H17NO2/c1-4-14(5-2)13(16)11-8-6-7-10(3)12(11)9-15/h6-9H,4-5H2,1-3H3. The fourth-order valence-corrected chi connectivity index (χ4v) is 1.70. The van der Waals surface area contributed by atoms with Gasteiger partial charge >= 0.3 is 0 Å². The number of aryl methyl sites for hydroxylation is 1. The molecule has 0 saturated heterocycles. The zero-order valence-corrected chi connectivity index (χ0v) is 9.99. The Balaban J connectivity index is 3.17. The number of carbonyl (C=O) groups is 2. The van der Waals surface area contributed by atoms with E-state index < -0.39 is 0 Å². The molecule has 0 aliphatic carbocycles. The van der Waals surface area contributed by atoms with Crippen LogP contribution in [0.1, 0.15) is 40.1 Å². The van der Waals surface area contributed by atoms with E-state index in [-0.39, 0.29) is 5.91 Å². The minimum Gasteiger partial charge on any atom is -0.339 e. The van der Waals surface area contributed by atoms with Crippen LogP contribution in [0.15, 0.2) is 18.2 Å². The maximum Gasteiger partial charge on any atom is 0.254 e. The quantitative estimate of drug-likeness (QED) is 0.728. The fraction of sp³-hybridized carbons (Fsp3) is 0.385. The van der Waals surface area contributed by atoms with Crippen LogP contribution in [0, 0.1) is 6.92 Å². The SMILES string of the molecule is CCN(CC)C(=O)c1cccc(C)c1C=O. The summed E-state index contributed by atoms with van der Waals surface area (Å²) < 4.78 is 0. The third kappa shape index (κ3) is 2.30. The van der Waals surface area contributed by atoms with Crippen LogP contribution in [0.4, 0.5) is 0 Å². The van der Waals surface area contributed by atoms with Crippen LogP contribution in [0.2, 0.25) is 0 Å². The first kappa shape index (κ1) is 12.4. The number of benzene rings is 1. The zero-order chi connectivity index (χ0) is 12.1. The molecule has 1 aromatic rings. The highest BCUT2D eigenvalue weighted by Crippen LogP contribution is 2.14. The molecule has 0 heterocycles. The Hall–Kier alpha value is -1.64. The highest BCUT2D eigenvalue weighted by Gasteiger charge is 2.16. The maximum absolute atomic E-state index is 12.1. The van der Waals surface area contributed by atoms with Crippen LogP contribution in [0.3, 0.4) is 0 Å². The molecule has 0 fully saturated rings. The van der Waals surface area contributed by atoms with Crippen LogP contribution in [0.25, 0.3) is 0 Å². The van der Waals surface area contributed by atoms with Gasteiger partial charge in [0, 0.05) is 18.7 Å². The Morgan fingerprint density at radius 2 is 1.94 bits per heavy atom. The lowest BCUT2D eigenvalue weighted by Gasteiger charge is -2.19. The van der Waals surface area contributed by atoms with Crippen molar-refractivity contribution in [3.8, 4) is 0 Å². The Morgan fingerprint density at radius 1 is 1.31 bits per heavy atom. The van der Waals surface area contributed by atoms with Gasteiger partial charge in [-0.1, -0.05) is 12.1 Å². The number of amides is 1. The van der Waals surface area contributed by atoms with Gasteiger partial charge in [0.1, 0.15) is 0 Å². The lowest BCUT2D eigenvalue weighted by atomic mass is 10.0. The summed E-state index contributed by atoms with van der Waals surface area (Å²) in [7, 11) is 0. The second-order valence-corrected chi connectivity index (χ2v) is 3.63. The van der Waals surface area contributed by atoms with Gasteiger partial charge in [-0.05, 0) is 32.4 Å². The molecule has 1 aromatic carbocycles. The van der Waals surface area contributed by atoms with E-state index >= 15 is 0 Å². The van der Waals surface area contributed by atoms with Gasteiger partial charge in [-0.15, -0.1) is 0 Å². The van der Waals surface area contributed by atoms with E-state index in [0.717, 1.165) is 11.8 Å². The van der Waals surface area contributed by atoms with E-state index in [1.807, 2.05) is 26.8 Å². The van der Waals surface area contributed by atoms with Crippen molar-refractivity contribution in [2.75, 3.05) is 13.1 Å². The molecule has 0 spiro atoms. The molecule has 3 nitrogen and oxygen atoms in total. The van der Waals surface area contributed by atoms with Crippen LogP contribution in [-0.4, -0.2) is 30.2 Å². The van der Waals surface area contributed by atoms with Crippen LogP contribution < -0.4 is 0 Å². The number of hydrogen-bond donors (Lipinski definition) is 0. The summed E-state index contributed by atoms with van der Waals surface area (Å²) in [5.74, 6) is -0.0733. The minimum absolute atomic E-state index is 0.0733. The molecular formula is C13H17NO2. The molecule has 1 amide bonds. The third-order valence-corrected chi connectivity index (χ3v) is 2.72. The smallest absolute Gasteiger partial charge is 0.254 e. The van der Waals surface area contributed by atoms with Crippen molar-refractivity contribution < 1.29 is 9.59 Å². The number of rotatable bonds is 4. The molecule has 0 N–H and O–H groups in total. The van der Waals surface area contributed by atoms with Gasteiger partial charge in [-0.25, -0.2) is 0 Å². The topological polar surface area (TPSA) is 37.4 Å². The van der Waals surface area contributed by atoms with Crippen molar-refractivity contribution in [2.45, 2.75) is 20.8 Å². The Kier molecular flexibility index (Phi) is 4.23. The summed E-state index contributed by atoms with van der Waals surface area (Å²) in [6, 6.07) is 5.35. The second-order valence-electron chi connectivity index (χ2n) is 3.63. The van der Waals surface area contributed by atoms with Crippen molar-refractivity contribution in [1.29, 1.82) is 0 Å². The van der Waals surface area contributed by atoms with E-state index in [2.05, 4.69) is 0 Å². The van der Waals surface area contributed by atoms with Gasteiger partial charge in [0.05, 0.1) is 5.56 Å². The average molecular weight is 219 g/mol. The van der Waals surface area contributed by atoms with Gasteiger partial charge in [0.25, 0.3) is 5.91 Å². The number of aldehydes is 1. The Bertz CT molecular complexity index is 395. The van der Waals surface area contributed by atoms with Crippen LogP contribution >= 0.6 is 0 Å². The molecule has 1 rings (SSSR count). The molecule has 0 atom stereocenters. The molecular weight excluding hydrogens is 202 g/mol. The summed E-state index contributed by atoms with van der Waals surface area (Å²) >= 11 is 0. The van der Waals surface area contributed by atoms with E-state index in [1.54, 1.807) is 17.0 Å². The largest absolute Gasteiger partial charge is 0.339 e. The zero-order valence-electron chi connectivity index (χ0n) is 9.99. The predicted molar refractivity (Wildman–Crippen MR) is 63.8 cm³/mol. The highest BCUT2D eigenvalue weighted by atomic mass is 16.2. The highest BCUT2D eigenvalue weighted by molar-refractivity contribution is 6.02. The van der Waals surface area contributed by atoms with Crippen molar-refractivity contribution >= 4 is 12.2 Å². The summed E-state index contributed by atoms with van der Waals surface area (Å²) in [6.45, 7) is 7.00. The summed E-state index contributed by atoms with van der Waals surface area (Å²) in [5.41, 5.74) is 1.84. The normalized spacial score (nSPS) is 9.94. The number of carbonyl (C=O) groups excluding carboxylic acids is 2. The molecule has 0 aliphatic rings. The average Bonchev–Trinajstić information content (AvgIpc) is 2.30. The first-order chi connectivity index (χ1) is 7.65. The molecule has 86 valence electrons. The van der Waals surface area contributed by atoms with Gasteiger partial charge < -0.3 is 4.90 Å². The minimum atomic E-state index is -0.0733. The Labute approximate surface area is 96.1 Å². The lowest BCUT2D eigenvalue weighted by molar-refractivity contribution is 0.0770. The van der Waals surface area contributed by atoms with Crippen molar-refractivity contribution in [3.05, 3.63) is 34.9 Å². The van der Waals surface area contributed by atoms with E-state index in [0.29, 0.717) is 24.2 Å². The molecule has 0 unspecified atom stereocenters. The summed E-state index contributed by atoms with van der Waals surface area (Å²) in [5, 5.41) is 0. The molecule has 0 aliphatic heterocycles.